The zero-order valence-electron chi connectivity index (χ0n) is 12.4. The van der Waals surface area contributed by atoms with E-state index in [4.69, 9.17) is 0 Å². The third-order valence-electron chi connectivity index (χ3n) is 4.87. The van der Waals surface area contributed by atoms with Crippen molar-refractivity contribution >= 4 is 27.6 Å². The second-order valence-electron chi connectivity index (χ2n) is 6.07. The Bertz CT molecular complexity index is 815. The van der Waals surface area contributed by atoms with Gasteiger partial charge in [-0.2, -0.15) is 0 Å². The fourth-order valence-electron chi connectivity index (χ4n) is 3.83. The average Bonchev–Trinajstić information content (AvgIpc) is 3.04. The van der Waals surface area contributed by atoms with Crippen molar-refractivity contribution in [1.29, 1.82) is 0 Å². The van der Waals surface area contributed by atoms with Crippen LogP contribution in [0.25, 0.3) is 0 Å². The van der Waals surface area contributed by atoms with E-state index in [0.717, 1.165) is 22.1 Å². The van der Waals surface area contributed by atoms with Gasteiger partial charge in [-0.25, -0.2) is 4.79 Å². The molecule has 0 spiro atoms. The van der Waals surface area contributed by atoms with Crippen LogP contribution >= 0.6 is 15.9 Å². The first-order chi connectivity index (χ1) is 11.2. The van der Waals surface area contributed by atoms with Gasteiger partial charge in [-0.1, -0.05) is 58.4 Å². The van der Waals surface area contributed by atoms with Crippen LogP contribution in [0.15, 0.2) is 59.1 Å². The van der Waals surface area contributed by atoms with Gasteiger partial charge < -0.3 is 10.4 Å². The summed E-state index contributed by atoms with van der Waals surface area (Å²) in [6.07, 6.45) is 5.43. The minimum Gasteiger partial charge on any atom is -0.478 e. The molecule has 1 aliphatic carbocycles. The molecule has 0 bridgehead atoms. The molecule has 0 amide bonds. The topological polar surface area (TPSA) is 49.3 Å². The van der Waals surface area contributed by atoms with E-state index in [2.05, 4.69) is 39.5 Å². The number of anilines is 1. The zero-order chi connectivity index (χ0) is 16.0. The smallest absolute Gasteiger partial charge is 0.337 e. The maximum Gasteiger partial charge on any atom is 0.337 e. The maximum atomic E-state index is 11.6. The summed E-state index contributed by atoms with van der Waals surface area (Å²) in [5, 5.41) is 13.1. The first-order valence-electron chi connectivity index (χ1n) is 7.70. The van der Waals surface area contributed by atoms with Gasteiger partial charge in [0.2, 0.25) is 0 Å². The molecule has 116 valence electrons. The molecule has 4 heteroatoms. The van der Waals surface area contributed by atoms with Crippen molar-refractivity contribution in [2.75, 3.05) is 5.32 Å². The number of halogens is 1. The monoisotopic (exact) mass is 369 g/mol. The van der Waals surface area contributed by atoms with Crippen LogP contribution in [0.5, 0.6) is 0 Å². The summed E-state index contributed by atoms with van der Waals surface area (Å²) >= 11 is 3.64. The van der Waals surface area contributed by atoms with E-state index in [-0.39, 0.29) is 12.0 Å². The van der Waals surface area contributed by atoms with Crippen molar-refractivity contribution in [3.05, 3.63) is 75.8 Å². The first-order valence-corrected chi connectivity index (χ1v) is 8.50. The Hall–Kier alpha value is -2.07. The van der Waals surface area contributed by atoms with Crippen LogP contribution in [-0.2, 0) is 0 Å². The lowest BCUT2D eigenvalue weighted by molar-refractivity contribution is 0.0697. The van der Waals surface area contributed by atoms with Gasteiger partial charge in [-0.15, -0.1) is 0 Å². The van der Waals surface area contributed by atoms with Crippen LogP contribution in [0.1, 0.15) is 39.9 Å². The molecule has 0 aromatic heterocycles. The molecule has 0 radical (unpaired) electrons. The van der Waals surface area contributed by atoms with Gasteiger partial charge in [0.25, 0.3) is 0 Å². The highest BCUT2D eigenvalue weighted by Gasteiger charge is 2.39. The van der Waals surface area contributed by atoms with Crippen LogP contribution in [-0.4, -0.2) is 11.1 Å². The first kappa shape index (κ1) is 14.5. The molecule has 0 fully saturated rings. The Labute approximate surface area is 143 Å². The molecular formula is C19H16BrNO2. The number of carbonyl (C=O) groups is 1. The van der Waals surface area contributed by atoms with Crippen LogP contribution in [0.4, 0.5) is 5.69 Å². The molecule has 1 heterocycles. The zero-order valence-corrected chi connectivity index (χ0v) is 14.0. The summed E-state index contributed by atoms with van der Waals surface area (Å²) in [6.45, 7) is 0. The molecule has 0 saturated heterocycles. The van der Waals surface area contributed by atoms with E-state index in [1.54, 1.807) is 6.07 Å². The number of hydrogen-bond acceptors (Lipinski definition) is 2. The summed E-state index contributed by atoms with van der Waals surface area (Å²) in [5.74, 6) is -0.214. The Morgan fingerprint density at radius 2 is 1.91 bits per heavy atom. The number of rotatable bonds is 2. The number of nitrogens with one attached hydrogen (secondary N) is 1. The lowest BCUT2D eigenvalue weighted by Crippen LogP contribution is -2.30. The molecule has 1 aliphatic heterocycles. The maximum absolute atomic E-state index is 11.6. The van der Waals surface area contributed by atoms with Crippen molar-refractivity contribution in [2.24, 2.45) is 5.92 Å². The fraction of sp³-hybridized carbons (Fsp3) is 0.211. The lowest BCUT2D eigenvalue weighted by Gasteiger charge is -2.38. The van der Waals surface area contributed by atoms with Crippen molar-refractivity contribution in [3.8, 4) is 0 Å². The third-order valence-corrected chi connectivity index (χ3v) is 5.59. The number of aromatic carboxylic acids is 1. The minimum atomic E-state index is -0.888. The number of benzene rings is 2. The van der Waals surface area contributed by atoms with Crippen molar-refractivity contribution in [3.63, 3.8) is 0 Å². The van der Waals surface area contributed by atoms with Gasteiger partial charge >= 0.3 is 5.97 Å². The highest BCUT2D eigenvalue weighted by molar-refractivity contribution is 9.10. The fourth-order valence-corrected chi connectivity index (χ4v) is 4.37. The summed E-state index contributed by atoms with van der Waals surface area (Å²) in [5.41, 5.74) is 3.37. The molecule has 3 atom stereocenters. The van der Waals surface area contributed by atoms with Crippen LogP contribution in [0.3, 0.4) is 0 Å². The summed E-state index contributed by atoms with van der Waals surface area (Å²) in [7, 11) is 0. The van der Waals surface area contributed by atoms with Gasteiger partial charge in [0.1, 0.15) is 0 Å². The molecule has 3 unspecified atom stereocenters. The van der Waals surface area contributed by atoms with Gasteiger partial charge in [-0.05, 0) is 35.6 Å². The molecule has 2 aromatic rings. The lowest BCUT2D eigenvalue weighted by atomic mass is 9.76. The number of carboxylic acids is 1. The molecule has 23 heavy (non-hydrogen) atoms. The van der Waals surface area contributed by atoms with Gasteiger partial charge in [0.05, 0.1) is 17.3 Å². The highest BCUT2D eigenvalue weighted by Crippen LogP contribution is 2.51. The second-order valence-corrected chi connectivity index (χ2v) is 6.93. The van der Waals surface area contributed by atoms with Gasteiger partial charge in [0, 0.05) is 10.4 Å². The quantitative estimate of drug-likeness (QED) is 0.734. The predicted octanol–water partition coefficient (Wildman–Crippen LogP) is 4.97. The van der Waals surface area contributed by atoms with Crippen molar-refractivity contribution < 1.29 is 9.90 Å². The number of allylic oxidation sites excluding steroid dienone is 2. The van der Waals surface area contributed by atoms with E-state index in [1.165, 1.54) is 5.56 Å². The van der Waals surface area contributed by atoms with E-state index >= 15 is 0 Å². The Morgan fingerprint density at radius 3 is 2.70 bits per heavy atom. The number of para-hydroxylation sites is 1. The van der Waals surface area contributed by atoms with Gasteiger partial charge in [-0.3, -0.25) is 0 Å². The Kier molecular flexibility index (Phi) is 3.49. The molecular weight excluding hydrogens is 354 g/mol. The summed E-state index contributed by atoms with van der Waals surface area (Å²) < 4.78 is 1.06. The van der Waals surface area contributed by atoms with Crippen molar-refractivity contribution in [1.82, 2.24) is 0 Å². The average molecular weight is 370 g/mol. The molecule has 2 aliphatic rings. The number of hydrogen-bond donors (Lipinski definition) is 2. The normalized spacial score (nSPS) is 24.7. The number of carboxylic acid groups (broad SMARTS) is 1. The molecule has 2 N–H and O–H groups in total. The second kappa shape index (κ2) is 5.53. The van der Waals surface area contributed by atoms with Gasteiger partial charge in [0.15, 0.2) is 0 Å². The number of fused-ring (bicyclic) bond motifs is 3. The van der Waals surface area contributed by atoms with E-state index in [1.807, 2.05) is 30.3 Å². The van der Waals surface area contributed by atoms with Crippen LogP contribution in [0.2, 0.25) is 0 Å². The molecule has 2 aromatic carbocycles. The van der Waals surface area contributed by atoms with E-state index < -0.39 is 5.97 Å². The van der Waals surface area contributed by atoms with Crippen molar-refractivity contribution in [2.45, 2.75) is 18.4 Å². The predicted molar refractivity (Wildman–Crippen MR) is 93.9 cm³/mol. The Balaban J connectivity index is 1.87. The van der Waals surface area contributed by atoms with E-state index in [9.17, 15) is 9.90 Å². The summed E-state index contributed by atoms with van der Waals surface area (Å²) in [6, 6.07) is 13.8. The largest absolute Gasteiger partial charge is 0.478 e. The van der Waals surface area contributed by atoms with E-state index in [0.29, 0.717) is 11.5 Å². The Morgan fingerprint density at radius 1 is 1.13 bits per heavy atom. The molecule has 0 saturated carbocycles. The third kappa shape index (κ3) is 2.29. The highest BCUT2D eigenvalue weighted by atomic mass is 79.9. The van der Waals surface area contributed by atoms with Crippen LogP contribution < -0.4 is 5.32 Å². The van der Waals surface area contributed by atoms with Crippen LogP contribution in [0, 0.1) is 5.92 Å². The standard InChI is InChI=1S/C19H16BrNO2/c20-16-10-2-1-5-14(16)17-12-7-3-6-11(12)13-8-4-9-15(19(22)23)18(13)21-17/h1-6,8-12,17,21H,7H2,(H,22,23). The minimum absolute atomic E-state index is 0.0959. The SMILES string of the molecule is O=C(O)c1cccc2c1NC(c1ccccc1Br)C1CC=CC21. The molecule has 4 rings (SSSR count). The summed E-state index contributed by atoms with van der Waals surface area (Å²) in [4.78, 5) is 11.6. The molecule has 3 nitrogen and oxygen atoms in total.